The van der Waals surface area contributed by atoms with Crippen molar-refractivity contribution in [3.63, 3.8) is 0 Å². The van der Waals surface area contributed by atoms with Gasteiger partial charge in [0, 0.05) is 15.7 Å². The summed E-state index contributed by atoms with van der Waals surface area (Å²) in [5, 5.41) is 0. The predicted molar refractivity (Wildman–Crippen MR) is 120 cm³/mol. The van der Waals surface area contributed by atoms with Crippen LogP contribution in [-0.2, 0) is 0 Å². The summed E-state index contributed by atoms with van der Waals surface area (Å²) in [6.07, 6.45) is 0. The quantitative estimate of drug-likeness (QED) is 0.301. The molecule has 134 valence electrons. The first kappa shape index (κ1) is 17.0. The molecule has 0 amide bonds. The molecule has 1 aromatic heterocycles. The van der Waals surface area contributed by atoms with E-state index < -0.39 is 0 Å². The number of rotatable bonds is 3. The van der Waals surface area contributed by atoms with E-state index in [1.165, 1.54) is 5.56 Å². The van der Waals surface area contributed by atoms with Crippen LogP contribution in [0.4, 0.5) is 0 Å². The van der Waals surface area contributed by atoms with Gasteiger partial charge in [0.1, 0.15) is 5.82 Å². The summed E-state index contributed by atoms with van der Waals surface area (Å²) in [5.74, 6) is 0.936. The average molecular weight is 425 g/mol. The second-order valence-corrected chi connectivity index (χ2v) is 7.61. The molecule has 0 N–H and O–H groups in total. The Morgan fingerprint density at radius 3 is 2.04 bits per heavy atom. The van der Waals surface area contributed by atoms with Gasteiger partial charge >= 0.3 is 0 Å². The standard InChI is InChI=1S/C25H17BrN2/c26-21-16-19(18-9-3-1-4-10-18)15-20(17-21)25-27-23-13-7-8-14-24(23)28(25)22-11-5-2-6-12-22/h1-17H. The minimum Gasteiger partial charge on any atom is -0.292 e. The maximum atomic E-state index is 4.98. The Morgan fingerprint density at radius 1 is 0.607 bits per heavy atom. The van der Waals surface area contributed by atoms with Crippen molar-refractivity contribution in [3.05, 3.63) is 108 Å². The van der Waals surface area contributed by atoms with E-state index in [4.69, 9.17) is 4.98 Å². The SMILES string of the molecule is Brc1cc(-c2ccccc2)cc(-c2nc3ccccc3n2-c2ccccc2)c1. The minimum absolute atomic E-state index is 0.936. The van der Waals surface area contributed by atoms with Gasteiger partial charge in [0.2, 0.25) is 0 Å². The number of halogens is 1. The molecule has 1 heterocycles. The van der Waals surface area contributed by atoms with Gasteiger partial charge in [-0.1, -0.05) is 76.6 Å². The molecule has 4 aromatic carbocycles. The fourth-order valence-corrected chi connectivity index (χ4v) is 4.07. The number of imidazole rings is 1. The monoisotopic (exact) mass is 424 g/mol. The summed E-state index contributed by atoms with van der Waals surface area (Å²) in [6.45, 7) is 0. The van der Waals surface area contributed by atoms with Crippen molar-refractivity contribution in [1.82, 2.24) is 9.55 Å². The van der Waals surface area contributed by atoms with Crippen molar-refractivity contribution in [2.45, 2.75) is 0 Å². The summed E-state index contributed by atoms with van der Waals surface area (Å²) in [4.78, 5) is 4.98. The Kier molecular flexibility index (Phi) is 4.30. The maximum Gasteiger partial charge on any atom is 0.145 e. The number of nitrogens with zero attached hydrogens (tertiary/aromatic N) is 2. The van der Waals surface area contributed by atoms with Crippen LogP contribution in [0.2, 0.25) is 0 Å². The number of para-hydroxylation sites is 3. The third-order valence-electron chi connectivity index (χ3n) is 4.84. The van der Waals surface area contributed by atoms with Crippen molar-refractivity contribution in [1.29, 1.82) is 0 Å². The van der Waals surface area contributed by atoms with Crippen molar-refractivity contribution in [2.24, 2.45) is 0 Å². The van der Waals surface area contributed by atoms with Gasteiger partial charge in [-0.3, -0.25) is 4.57 Å². The lowest BCUT2D eigenvalue weighted by Gasteiger charge is -2.11. The van der Waals surface area contributed by atoms with E-state index >= 15 is 0 Å². The number of fused-ring (bicyclic) bond motifs is 1. The largest absolute Gasteiger partial charge is 0.292 e. The molecule has 28 heavy (non-hydrogen) atoms. The van der Waals surface area contributed by atoms with Gasteiger partial charge in [0.15, 0.2) is 0 Å². The Hall–Kier alpha value is -3.17. The van der Waals surface area contributed by atoms with Crippen molar-refractivity contribution in [2.75, 3.05) is 0 Å². The van der Waals surface area contributed by atoms with Gasteiger partial charge < -0.3 is 0 Å². The summed E-state index contributed by atoms with van der Waals surface area (Å²) >= 11 is 3.70. The van der Waals surface area contributed by atoms with Crippen LogP contribution in [0.3, 0.4) is 0 Å². The lowest BCUT2D eigenvalue weighted by molar-refractivity contribution is 1.10. The van der Waals surface area contributed by atoms with Crippen LogP contribution in [0.1, 0.15) is 0 Å². The molecule has 0 fully saturated rings. The molecule has 0 bridgehead atoms. The maximum absolute atomic E-state index is 4.98. The molecule has 3 heteroatoms. The molecule has 0 aliphatic carbocycles. The first-order valence-corrected chi connectivity index (χ1v) is 9.98. The topological polar surface area (TPSA) is 17.8 Å². The van der Waals surface area contributed by atoms with Crippen LogP contribution in [-0.4, -0.2) is 9.55 Å². The number of hydrogen-bond acceptors (Lipinski definition) is 1. The van der Waals surface area contributed by atoms with Crippen molar-refractivity contribution in [3.8, 4) is 28.2 Å². The summed E-state index contributed by atoms with van der Waals surface area (Å²) in [7, 11) is 0. The third-order valence-corrected chi connectivity index (χ3v) is 5.30. The van der Waals surface area contributed by atoms with E-state index in [9.17, 15) is 0 Å². The molecular formula is C25H17BrN2. The van der Waals surface area contributed by atoms with E-state index in [-0.39, 0.29) is 0 Å². The van der Waals surface area contributed by atoms with Crippen LogP contribution in [0.25, 0.3) is 39.2 Å². The highest BCUT2D eigenvalue weighted by molar-refractivity contribution is 9.10. The average Bonchev–Trinajstić information content (AvgIpc) is 3.14. The van der Waals surface area contributed by atoms with Gasteiger partial charge in [0.05, 0.1) is 11.0 Å². The van der Waals surface area contributed by atoms with E-state index in [0.717, 1.165) is 38.1 Å². The van der Waals surface area contributed by atoms with Gasteiger partial charge in [0.25, 0.3) is 0 Å². The molecular weight excluding hydrogens is 408 g/mol. The molecule has 0 aliphatic rings. The highest BCUT2D eigenvalue weighted by Gasteiger charge is 2.15. The summed E-state index contributed by atoms with van der Waals surface area (Å²) < 4.78 is 3.27. The molecule has 5 rings (SSSR count). The van der Waals surface area contributed by atoms with Gasteiger partial charge in [-0.15, -0.1) is 0 Å². The summed E-state index contributed by atoms with van der Waals surface area (Å²) in [6, 6.07) is 35.6. The Labute approximate surface area is 172 Å². The smallest absolute Gasteiger partial charge is 0.145 e. The van der Waals surface area contributed by atoms with E-state index in [1.807, 2.05) is 18.2 Å². The van der Waals surface area contributed by atoms with Crippen LogP contribution >= 0.6 is 15.9 Å². The molecule has 0 unspecified atom stereocenters. The second kappa shape index (κ2) is 7.10. The zero-order valence-corrected chi connectivity index (χ0v) is 16.7. The van der Waals surface area contributed by atoms with Crippen LogP contribution < -0.4 is 0 Å². The zero-order valence-electron chi connectivity index (χ0n) is 15.1. The zero-order chi connectivity index (χ0) is 18.9. The van der Waals surface area contributed by atoms with E-state index in [2.05, 4.69) is 105 Å². The van der Waals surface area contributed by atoms with E-state index in [1.54, 1.807) is 0 Å². The number of benzene rings is 4. The van der Waals surface area contributed by atoms with Crippen molar-refractivity contribution < 1.29 is 0 Å². The molecule has 0 saturated carbocycles. The lowest BCUT2D eigenvalue weighted by atomic mass is 10.0. The molecule has 0 saturated heterocycles. The Bertz CT molecular complexity index is 1260. The summed E-state index contributed by atoms with van der Waals surface area (Å²) in [5.41, 5.74) is 6.62. The first-order valence-electron chi connectivity index (χ1n) is 9.19. The van der Waals surface area contributed by atoms with Gasteiger partial charge in [-0.2, -0.15) is 0 Å². The molecule has 5 aromatic rings. The molecule has 0 spiro atoms. The highest BCUT2D eigenvalue weighted by atomic mass is 79.9. The van der Waals surface area contributed by atoms with Crippen LogP contribution in [0.15, 0.2) is 108 Å². The fraction of sp³-hybridized carbons (Fsp3) is 0. The van der Waals surface area contributed by atoms with Crippen molar-refractivity contribution >= 4 is 27.0 Å². The Balaban J connectivity index is 1.78. The highest BCUT2D eigenvalue weighted by Crippen LogP contribution is 2.33. The lowest BCUT2D eigenvalue weighted by Crippen LogP contribution is -1.97. The third kappa shape index (κ3) is 3.04. The molecule has 0 atom stereocenters. The first-order chi connectivity index (χ1) is 13.8. The number of aromatic nitrogens is 2. The van der Waals surface area contributed by atoms with Gasteiger partial charge in [-0.05, 0) is 53.6 Å². The molecule has 0 aliphatic heterocycles. The minimum atomic E-state index is 0.936. The number of hydrogen-bond donors (Lipinski definition) is 0. The van der Waals surface area contributed by atoms with Crippen LogP contribution in [0, 0.1) is 0 Å². The fourth-order valence-electron chi connectivity index (χ4n) is 3.57. The predicted octanol–water partition coefficient (Wildman–Crippen LogP) is 7.12. The van der Waals surface area contributed by atoms with Crippen LogP contribution in [0.5, 0.6) is 0 Å². The second-order valence-electron chi connectivity index (χ2n) is 6.69. The Morgan fingerprint density at radius 2 is 1.25 bits per heavy atom. The molecule has 0 radical (unpaired) electrons. The van der Waals surface area contributed by atoms with E-state index in [0.29, 0.717) is 0 Å². The van der Waals surface area contributed by atoms with Gasteiger partial charge in [-0.25, -0.2) is 4.98 Å². The molecule has 2 nitrogen and oxygen atoms in total. The normalized spacial score (nSPS) is 11.0.